The first-order valence-electron chi connectivity index (χ1n) is 15.9. The highest BCUT2D eigenvalue weighted by Crippen LogP contribution is 2.25. The molecule has 5 rings (SSSR count). The van der Waals surface area contributed by atoms with Crippen molar-refractivity contribution >= 4 is 22.7 Å². The van der Waals surface area contributed by atoms with E-state index >= 15 is 0 Å². The molecule has 0 spiro atoms. The molecule has 1 heterocycles. The number of fused-ring (bicyclic) bond motifs is 2. The van der Waals surface area contributed by atoms with Crippen molar-refractivity contribution < 1.29 is 38.3 Å². The quantitative estimate of drug-likeness (QED) is 0.250. The third kappa shape index (κ3) is 14.4. The Balaban J connectivity index is 0.000000235. The number of nitrogens with two attached hydrogens (primary N) is 2. The first kappa shape index (κ1) is 37.1. The molecule has 256 valence electrons. The second-order valence-electron chi connectivity index (χ2n) is 11.1. The number of nitro groups is 2. The van der Waals surface area contributed by atoms with Crippen molar-refractivity contribution in [3.63, 3.8) is 0 Å². The van der Waals surface area contributed by atoms with E-state index < -0.39 is 9.85 Å². The molecular formula is C32H48N4O10. The van der Waals surface area contributed by atoms with Gasteiger partial charge in [-0.05, 0) is 49.9 Å². The van der Waals surface area contributed by atoms with Crippen LogP contribution in [0.3, 0.4) is 0 Å². The van der Waals surface area contributed by atoms with Gasteiger partial charge in [0, 0.05) is 35.6 Å². The van der Waals surface area contributed by atoms with Crippen LogP contribution >= 0.6 is 0 Å². The number of rotatable bonds is 2. The van der Waals surface area contributed by atoms with Crippen LogP contribution in [-0.4, -0.2) is 87.1 Å². The lowest BCUT2D eigenvalue weighted by Gasteiger charge is -2.32. The highest BCUT2D eigenvalue weighted by atomic mass is 16.6. The van der Waals surface area contributed by atoms with Gasteiger partial charge in [-0.3, -0.25) is 20.2 Å². The van der Waals surface area contributed by atoms with Gasteiger partial charge in [-0.2, -0.15) is 0 Å². The molecule has 2 saturated carbocycles. The molecule has 0 amide bonds. The molecule has 0 aromatic heterocycles. The summed E-state index contributed by atoms with van der Waals surface area (Å²) in [6.07, 6.45) is 9.93. The highest BCUT2D eigenvalue weighted by molar-refractivity contribution is 5.45. The van der Waals surface area contributed by atoms with Crippen molar-refractivity contribution in [2.24, 2.45) is 0 Å². The van der Waals surface area contributed by atoms with Crippen LogP contribution in [0.2, 0.25) is 0 Å². The average molecular weight is 649 g/mol. The molecule has 14 heteroatoms. The molecule has 2 aromatic carbocycles. The molecule has 14 nitrogen and oxygen atoms in total. The molecule has 4 N–H and O–H groups in total. The number of hydrogen-bond acceptors (Lipinski definition) is 12. The molecule has 3 aliphatic rings. The van der Waals surface area contributed by atoms with E-state index in [1.165, 1.54) is 74.2 Å². The molecule has 1 saturated heterocycles. The Morgan fingerprint density at radius 3 is 0.978 bits per heavy atom. The van der Waals surface area contributed by atoms with Crippen LogP contribution in [0.4, 0.5) is 22.7 Å². The summed E-state index contributed by atoms with van der Waals surface area (Å²) in [5.41, 5.74) is 11.8. The van der Waals surface area contributed by atoms with Crippen LogP contribution in [0, 0.1) is 20.2 Å². The zero-order valence-corrected chi connectivity index (χ0v) is 26.4. The first-order valence-corrected chi connectivity index (χ1v) is 15.9. The van der Waals surface area contributed by atoms with E-state index in [1.807, 2.05) is 0 Å². The van der Waals surface area contributed by atoms with E-state index in [4.69, 9.17) is 39.9 Å². The van der Waals surface area contributed by atoms with E-state index in [0.717, 1.165) is 25.7 Å². The highest BCUT2D eigenvalue weighted by Gasteiger charge is 2.27. The molecule has 2 aliphatic carbocycles. The summed E-state index contributed by atoms with van der Waals surface area (Å²) in [5, 5.41) is 20.2. The van der Waals surface area contributed by atoms with Crippen molar-refractivity contribution in [2.45, 2.75) is 75.8 Å². The Labute approximate surface area is 269 Å². The number of anilines is 2. The monoisotopic (exact) mass is 648 g/mol. The van der Waals surface area contributed by atoms with E-state index in [0.29, 0.717) is 64.2 Å². The molecule has 4 unspecified atom stereocenters. The first-order chi connectivity index (χ1) is 22.3. The van der Waals surface area contributed by atoms with Crippen LogP contribution < -0.4 is 11.5 Å². The second-order valence-corrected chi connectivity index (χ2v) is 11.1. The van der Waals surface area contributed by atoms with Crippen molar-refractivity contribution in [2.75, 3.05) is 64.3 Å². The molecule has 46 heavy (non-hydrogen) atoms. The van der Waals surface area contributed by atoms with Gasteiger partial charge in [0.05, 0.1) is 87.1 Å². The lowest BCUT2D eigenvalue weighted by atomic mass is 9.94. The molecule has 0 bridgehead atoms. The maximum atomic E-state index is 10.1. The fraction of sp³-hybridized carbons (Fsp3) is 0.625. The van der Waals surface area contributed by atoms with Gasteiger partial charge >= 0.3 is 0 Å². The molecule has 1 aliphatic heterocycles. The Morgan fingerprint density at radius 1 is 0.478 bits per heavy atom. The lowest BCUT2D eigenvalue weighted by molar-refractivity contribution is -0.385. The summed E-state index contributed by atoms with van der Waals surface area (Å²) < 4.78 is 35.5. The Hall–Kier alpha value is -3.40. The molecular weight excluding hydrogens is 600 g/mol. The van der Waals surface area contributed by atoms with Crippen LogP contribution in [-0.2, 0) is 28.4 Å². The largest absolute Gasteiger partial charge is 0.399 e. The van der Waals surface area contributed by atoms with Gasteiger partial charge in [-0.25, -0.2) is 0 Å². The maximum absolute atomic E-state index is 10.1. The number of ether oxygens (including phenoxy) is 6. The summed E-state index contributed by atoms with van der Waals surface area (Å²) in [7, 11) is 0. The minimum atomic E-state index is -0.459. The number of benzene rings is 2. The van der Waals surface area contributed by atoms with Gasteiger partial charge in [0.1, 0.15) is 0 Å². The summed E-state index contributed by atoms with van der Waals surface area (Å²) in [6.45, 7) is 4.93. The van der Waals surface area contributed by atoms with Crippen LogP contribution in [0.25, 0.3) is 0 Å². The zero-order valence-electron chi connectivity index (χ0n) is 26.4. The normalized spacial score (nSPS) is 24.9. The van der Waals surface area contributed by atoms with Gasteiger partial charge < -0.3 is 39.9 Å². The molecule has 3 fully saturated rings. The van der Waals surface area contributed by atoms with Crippen LogP contribution in [0.1, 0.15) is 51.4 Å². The van der Waals surface area contributed by atoms with Crippen LogP contribution in [0.5, 0.6) is 0 Å². The molecule has 2 aromatic rings. The Bertz CT molecular complexity index is 1020. The van der Waals surface area contributed by atoms with Gasteiger partial charge in [-0.1, -0.05) is 25.7 Å². The summed E-state index contributed by atoms with van der Waals surface area (Å²) in [6, 6.07) is 11.5. The number of nitrogen functional groups attached to an aromatic ring is 2. The maximum Gasteiger partial charge on any atom is 0.269 e. The minimum Gasteiger partial charge on any atom is -0.399 e. The third-order valence-electron chi connectivity index (χ3n) is 7.73. The van der Waals surface area contributed by atoms with E-state index in [2.05, 4.69) is 0 Å². The smallest absolute Gasteiger partial charge is 0.269 e. The Kier molecular flexibility index (Phi) is 17.2. The average Bonchev–Trinajstić information content (AvgIpc) is 3.05. The van der Waals surface area contributed by atoms with Gasteiger partial charge in [0.2, 0.25) is 0 Å². The SMILES string of the molecule is C1CCC2OCCOCCOC3CCCCC3OCCOCCOC2C1.Nc1ccc([N+](=O)[O-])cc1.Nc1ccc([N+](=O)[O-])cc1. The lowest BCUT2D eigenvalue weighted by Crippen LogP contribution is -2.37. The zero-order chi connectivity index (χ0) is 33.0. The van der Waals surface area contributed by atoms with Crippen LogP contribution in [0.15, 0.2) is 48.5 Å². The molecule has 4 atom stereocenters. The van der Waals surface area contributed by atoms with E-state index in [-0.39, 0.29) is 35.8 Å². The summed E-state index contributed by atoms with van der Waals surface area (Å²) in [5.74, 6) is 0. The fourth-order valence-electron chi connectivity index (χ4n) is 5.32. The number of non-ortho nitro benzene ring substituents is 2. The van der Waals surface area contributed by atoms with Crippen molar-refractivity contribution in [1.29, 1.82) is 0 Å². The second kappa shape index (κ2) is 21.4. The van der Waals surface area contributed by atoms with E-state index in [9.17, 15) is 20.2 Å². The van der Waals surface area contributed by atoms with Gasteiger partial charge in [0.25, 0.3) is 11.4 Å². The standard InChI is InChI=1S/C20H36O6.2C6H6N2O2/c1-2-6-18-17(5-1)23-13-9-21-11-15-25-19-7-3-4-8-20(19)26-16-12-22-10-14-24-18;2*7-5-1-3-6(4-2-5)8(9)10/h17-20H,1-16H2;2*1-4H,7H2. The predicted molar refractivity (Wildman–Crippen MR) is 173 cm³/mol. The summed E-state index contributed by atoms with van der Waals surface area (Å²) >= 11 is 0. The fourth-order valence-corrected chi connectivity index (χ4v) is 5.32. The van der Waals surface area contributed by atoms with Crippen molar-refractivity contribution in [1.82, 2.24) is 0 Å². The van der Waals surface area contributed by atoms with Gasteiger partial charge in [0.15, 0.2) is 0 Å². The van der Waals surface area contributed by atoms with Crippen molar-refractivity contribution in [3.05, 3.63) is 68.8 Å². The Morgan fingerprint density at radius 2 is 0.739 bits per heavy atom. The number of nitrogens with zero attached hydrogens (tertiary/aromatic N) is 2. The number of hydrogen-bond donors (Lipinski definition) is 2. The third-order valence-corrected chi connectivity index (χ3v) is 7.73. The topological polar surface area (TPSA) is 194 Å². The van der Waals surface area contributed by atoms with Gasteiger partial charge in [-0.15, -0.1) is 0 Å². The predicted octanol–water partition coefficient (Wildman–Crippen LogP) is 5.08. The number of nitro benzene ring substituents is 2. The summed E-state index contributed by atoms with van der Waals surface area (Å²) in [4.78, 5) is 19.2. The minimum absolute atomic E-state index is 0.0641. The molecule has 0 radical (unpaired) electrons. The van der Waals surface area contributed by atoms with E-state index in [1.54, 1.807) is 0 Å². The van der Waals surface area contributed by atoms with Crippen molar-refractivity contribution in [3.8, 4) is 0 Å².